The van der Waals surface area contributed by atoms with Crippen LogP contribution in [0.1, 0.15) is 30.0 Å². The Bertz CT molecular complexity index is 655. The van der Waals surface area contributed by atoms with Gasteiger partial charge in [-0.05, 0) is 42.7 Å². The van der Waals surface area contributed by atoms with Gasteiger partial charge in [-0.15, -0.1) is 0 Å². The van der Waals surface area contributed by atoms with Crippen LogP contribution in [0.2, 0.25) is 0 Å². The van der Waals surface area contributed by atoms with Crippen LogP contribution in [-0.4, -0.2) is 40.5 Å². The largest absolute Gasteiger partial charge is 0.491 e. The van der Waals surface area contributed by atoms with Gasteiger partial charge in [-0.1, -0.05) is 13.8 Å². The summed E-state index contributed by atoms with van der Waals surface area (Å²) >= 11 is 0. The van der Waals surface area contributed by atoms with Crippen molar-refractivity contribution >= 4 is 5.91 Å². The molecular formula is C17H22FN3O3. The van der Waals surface area contributed by atoms with Gasteiger partial charge in [0.25, 0.3) is 5.91 Å². The number of hydrogen-bond donors (Lipinski definition) is 3. The second-order valence-electron chi connectivity index (χ2n) is 6.01. The third-order valence-corrected chi connectivity index (χ3v) is 3.25. The number of rotatable bonds is 8. The van der Waals surface area contributed by atoms with E-state index in [2.05, 4.69) is 29.4 Å². The summed E-state index contributed by atoms with van der Waals surface area (Å²) < 4.78 is 18.1. The van der Waals surface area contributed by atoms with Gasteiger partial charge in [-0.3, -0.25) is 9.89 Å². The van der Waals surface area contributed by atoms with Crippen LogP contribution in [0.15, 0.2) is 30.3 Å². The Morgan fingerprint density at radius 1 is 1.38 bits per heavy atom. The van der Waals surface area contributed by atoms with E-state index < -0.39 is 6.10 Å². The summed E-state index contributed by atoms with van der Waals surface area (Å²) in [7, 11) is 0. The number of H-pyrrole nitrogens is 1. The number of halogens is 1. The van der Waals surface area contributed by atoms with Gasteiger partial charge < -0.3 is 15.2 Å². The fraction of sp³-hybridized carbons (Fsp3) is 0.412. The number of amides is 1. The normalized spacial score (nSPS) is 12.2. The maximum atomic E-state index is 12.8. The van der Waals surface area contributed by atoms with E-state index in [1.165, 1.54) is 24.3 Å². The second-order valence-corrected chi connectivity index (χ2v) is 6.01. The van der Waals surface area contributed by atoms with Crippen molar-refractivity contribution in [3.8, 4) is 5.75 Å². The summed E-state index contributed by atoms with van der Waals surface area (Å²) in [6.45, 7) is 4.19. The van der Waals surface area contributed by atoms with E-state index in [4.69, 9.17) is 4.74 Å². The van der Waals surface area contributed by atoms with Crippen molar-refractivity contribution in [3.05, 3.63) is 47.5 Å². The van der Waals surface area contributed by atoms with Crippen LogP contribution < -0.4 is 10.1 Å². The minimum atomic E-state index is -0.881. The molecule has 1 aromatic heterocycles. The molecule has 0 saturated carbocycles. The number of aromatic amines is 1. The number of aliphatic hydroxyl groups is 1. The zero-order chi connectivity index (χ0) is 17.5. The first kappa shape index (κ1) is 17.9. The molecule has 0 saturated heterocycles. The zero-order valence-corrected chi connectivity index (χ0v) is 13.8. The first-order valence-corrected chi connectivity index (χ1v) is 7.83. The summed E-state index contributed by atoms with van der Waals surface area (Å²) in [5, 5.41) is 19.2. The molecular weight excluding hydrogens is 313 g/mol. The molecule has 2 rings (SSSR count). The molecule has 1 unspecified atom stereocenters. The minimum absolute atomic E-state index is 0.00885. The number of nitrogens with zero attached hydrogens (tertiary/aromatic N) is 1. The topological polar surface area (TPSA) is 87.2 Å². The van der Waals surface area contributed by atoms with E-state index >= 15 is 0 Å². The molecule has 0 aliphatic heterocycles. The average Bonchev–Trinajstić information content (AvgIpc) is 3.00. The Hall–Kier alpha value is -2.41. The molecule has 1 atom stereocenters. The first-order valence-electron chi connectivity index (χ1n) is 7.83. The summed E-state index contributed by atoms with van der Waals surface area (Å²) in [6, 6.07) is 7.20. The van der Waals surface area contributed by atoms with Crippen LogP contribution in [0.4, 0.5) is 4.39 Å². The predicted molar refractivity (Wildman–Crippen MR) is 87.4 cm³/mol. The Morgan fingerprint density at radius 3 is 2.75 bits per heavy atom. The van der Waals surface area contributed by atoms with Gasteiger partial charge in [0, 0.05) is 12.2 Å². The SMILES string of the molecule is CC(C)Cc1cc(C(=O)NCC(O)COc2ccc(F)cc2)n[nH]1. The molecule has 3 N–H and O–H groups in total. The fourth-order valence-electron chi connectivity index (χ4n) is 2.11. The molecule has 1 aromatic carbocycles. The van der Waals surface area contributed by atoms with E-state index in [9.17, 15) is 14.3 Å². The third kappa shape index (κ3) is 5.66. The van der Waals surface area contributed by atoms with E-state index in [-0.39, 0.29) is 30.6 Å². The summed E-state index contributed by atoms with van der Waals surface area (Å²) in [6.07, 6.45) is -0.0675. The van der Waals surface area contributed by atoms with Gasteiger partial charge in [0.2, 0.25) is 0 Å². The van der Waals surface area contributed by atoms with Gasteiger partial charge in [0.05, 0.1) is 0 Å². The van der Waals surface area contributed by atoms with Gasteiger partial charge in [0.15, 0.2) is 0 Å². The number of ether oxygens (including phenoxy) is 1. The number of hydrogen-bond acceptors (Lipinski definition) is 4. The van der Waals surface area contributed by atoms with E-state index in [0.29, 0.717) is 11.7 Å². The Morgan fingerprint density at radius 2 is 2.08 bits per heavy atom. The molecule has 6 nitrogen and oxygen atoms in total. The second kappa shape index (κ2) is 8.44. The Labute approximate surface area is 140 Å². The van der Waals surface area contributed by atoms with Crippen LogP contribution in [0.3, 0.4) is 0 Å². The molecule has 2 aromatic rings. The zero-order valence-electron chi connectivity index (χ0n) is 13.8. The molecule has 130 valence electrons. The van der Waals surface area contributed by atoms with Crippen LogP contribution in [-0.2, 0) is 6.42 Å². The van der Waals surface area contributed by atoms with Crippen LogP contribution >= 0.6 is 0 Å². The number of aliphatic hydroxyl groups excluding tert-OH is 1. The molecule has 0 spiro atoms. The van der Waals surface area contributed by atoms with Crippen molar-refractivity contribution < 1.29 is 19.0 Å². The summed E-state index contributed by atoms with van der Waals surface area (Å²) in [4.78, 5) is 12.0. The van der Waals surface area contributed by atoms with Crippen molar-refractivity contribution in [2.24, 2.45) is 5.92 Å². The molecule has 0 aliphatic rings. The fourth-order valence-corrected chi connectivity index (χ4v) is 2.11. The Kier molecular flexibility index (Phi) is 6.31. The molecule has 24 heavy (non-hydrogen) atoms. The number of nitrogens with one attached hydrogen (secondary N) is 2. The quantitative estimate of drug-likeness (QED) is 0.688. The predicted octanol–water partition coefficient (Wildman–Crippen LogP) is 1.92. The lowest BCUT2D eigenvalue weighted by Gasteiger charge is -2.12. The highest BCUT2D eigenvalue weighted by atomic mass is 19.1. The van der Waals surface area contributed by atoms with E-state index in [1.54, 1.807) is 6.07 Å². The first-order chi connectivity index (χ1) is 11.4. The van der Waals surface area contributed by atoms with Gasteiger partial charge in [-0.25, -0.2) is 4.39 Å². The summed E-state index contributed by atoms with van der Waals surface area (Å²) in [5.41, 5.74) is 1.19. The molecule has 0 aliphatic carbocycles. The lowest BCUT2D eigenvalue weighted by atomic mass is 10.1. The molecule has 1 amide bonds. The standard InChI is InChI=1S/C17H22FN3O3/c1-11(2)7-13-8-16(21-20-13)17(23)19-9-14(22)10-24-15-5-3-12(18)4-6-15/h3-6,8,11,14,22H,7,9-10H2,1-2H3,(H,19,23)(H,20,21). The molecule has 0 fully saturated rings. The maximum Gasteiger partial charge on any atom is 0.271 e. The van der Waals surface area contributed by atoms with Crippen molar-refractivity contribution in [1.29, 1.82) is 0 Å². The minimum Gasteiger partial charge on any atom is -0.491 e. The van der Waals surface area contributed by atoms with E-state index in [0.717, 1.165) is 12.1 Å². The molecule has 0 bridgehead atoms. The van der Waals surface area contributed by atoms with Crippen LogP contribution in [0.5, 0.6) is 5.75 Å². The number of aromatic nitrogens is 2. The Balaban J connectivity index is 1.74. The molecule has 7 heteroatoms. The number of carbonyl (C=O) groups is 1. The lowest BCUT2D eigenvalue weighted by molar-refractivity contribution is 0.0839. The van der Waals surface area contributed by atoms with Crippen molar-refractivity contribution in [3.63, 3.8) is 0 Å². The highest BCUT2D eigenvalue weighted by Crippen LogP contribution is 2.11. The highest BCUT2D eigenvalue weighted by Gasteiger charge is 2.13. The smallest absolute Gasteiger partial charge is 0.271 e. The highest BCUT2D eigenvalue weighted by molar-refractivity contribution is 5.92. The van der Waals surface area contributed by atoms with Gasteiger partial charge in [-0.2, -0.15) is 5.10 Å². The number of benzene rings is 1. The van der Waals surface area contributed by atoms with Crippen LogP contribution in [0, 0.1) is 11.7 Å². The van der Waals surface area contributed by atoms with Gasteiger partial charge >= 0.3 is 0 Å². The molecule has 0 radical (unpaired) electrons. The maximum absolute atomic E-state index is 12.8. The summed E-state index contributed by atoms with van der Waals surface area (Å²) in [5.74, 6) is 0.201. The van der Waals surface area contributed by atoms with Crippen molar-refractivity contribution in [2.45, 2.75) is 26.4 Å². The van der Waals surface area contributed by atoms with Gasteiger partial charge in [0.1, 0.15) is 30.0 Å². The third-order valence-electron chi connectivity index (χ3n) is 3.25. The average molecular weight is 335 g/mol. The molecule has 1 heterocycles. The van der Waals surface area contributed by atoms with E-state index in [1.807, 2.05) is 0 Å². The number of carbonyl (C=O) groups excluding carboxylic acids is 1. The lowest BCUT2D eigenvalue weighted by Crippen LogP contribution is -2.35. The van der Waals surface area contributed by atoms with Crippen LogP contribution in [0.25, 0.3) is 0 Å². The van der Waals surface area contributed by atoms with Crippen molar-refractivity contribution in [2.75, 3.05) is 13.2 Å². The van der Waals surface area contributed by atoms with Crippen molar-refractivity contribution in [1.82, 2.24) is 15.5 Å². The monoisotopic (exact) mass is 335 g/mol.